The molecule has 1 N–H and O–H groups in total. The molecule has 0 spiro atoms. The summed E-state index contributed by atoms with van der Waals surface area (Å²) in [6.07, 6.45) is -2.65. The number of nitrogens with zero attached hydrogens (tertiary/aromatic N) is 2. The van der Waals surface area contributed by atoms with Crippen molar-refractivity contribution in [1.29, 1.82) is 0 Å². The highest BCUT2D eigenvalue weighted by molar-refractivity contribution is 5.80. The van der Waals surface area contributed by atoms with E-state index in [1.54, 1.807) is 6.20 Å². The van der Waals surface area contributed by atoms with Crippen molar-refractivity contribution >= 4 is 11.0 Å². The number of alkyl halides is 3. The third-order valence-electron chi connectivity index (χ3n) is 3.93. The first-order valence-corrected chi connectivity index (χ1v) is 7.59. The molecule has 0 amide bonds. The van der Waals surface area contributed by atoms with E-state index in [-0.39, 0.29) is 0 Å². The van der Waals surface area contributed by atoms with Crippen LogP contribution in [0.5, 0.6) is 0 Å². The molecule has 3 nitrogen and oxygen atoms in total. The van der Waals surface area contributed by atoms with Gasteiger partial charge in [-0.15, -0.1) is 0 Å². The second-order valence-corrected chi connectivity index (χ2v) is 5.61. The van der Waals surface area contributed by atoms with Gasteiger partial charge in [0, 0.05) is 17.3 Å². The van der Waals surface area contributed by atoms with Gasteiger partial charge in [0.05, 0.1) is 22.3 Å². The Kier molecular flexibility index (Phi) is 3.53. The quantitative estimate of drug-likeness (QED) is 0.538. The van der Waals surface area contributed by atoms with Gasteiger partial charge in [0.15, 0.2) is 0 Å². The Bertz CT molecular complexity index is 1020. The van der Waals surface area contributed by atoms with Crippen molar-refractivity contribution in [3.8, 4) is 22.6 Å². The molecule has 4 rings (SSSR count). The number of nitrogens with one attached hydrogen (secondary N) is 1. The Morgan fingerprint density at radius 1 is 0.840 bits per heavy atom. The van der Waals surface area contributed by atoms with Crippen molar-refractivity contribution in [3.05, 3.63) is 72.4 Å². The third kappa shape index (κ3) is 2.98. The first-order valence-electron chi connectivity index (χ1n) is 7.59. The lowest BCUT2D eigenvalue weighted by molar-refractivity contribution is -0.137. The van der Waals surface area contributed by atoms with Crippen molar-refractivity contribution in [2.75, 3.05) is 0 Å². The minimum absolute atomic E-state index is 0.360. The number of halogens is 3. The average molecular weight is 339 g/mol. The Morgan fingerprint density at radius 3 is 2.28 bits per heavy atom. The lowest BCUT2D eigenvalue weighted by Gasteiger charge is -2.05. The van der Waals surface area contributed by atoms with E-state index in [9.17, 15) is 13.2 Å². The summed E-state index contributed by atoms with van der Waals surface area (Å²) in [7, 11) is 0. The van der Waals surface area contributed by atoms with E-state index in [1.165, 1.54) is 6.07 Å². The maximum atomic E-state index is 12.8. The summed E-state index contributed by atoms with van der Waals surface area (Å²) in [5, 5.41) is 0. The van der Waals surface area contributed by atoms with E-state index >= 15 is 0 Å². The van der Waals surface area contributed by atoms with Gasteiger partial charge in [0.25, 0.3) is 0 Å². The number of aromatic amines is 1. The normalized spacial score (nSPS) is 11.8. The van der Waals surface area contributed by atoms with Crippen LogP contribution < -0.4 is 0 Å². The Morgan fingerprint density at radius 2 is 1.60 bits per heavy atom. The molecule has 6 heteroatoms. The molecular formula is C19H12F3N3. The standard InChI is InChI=1S/C19H12F3N3/c20-19(21,22)14-8-9-16-17(11-14)25-18(24-16)13-6-4-12(5-7-13)15-3-1-2-10-23-15/h1-11H,(H,24,25). The molecule has 0 bridgehead atoms. The second-order valence-electron chi connectivity index (χ2n) is 5.61. The topological polar surface area (TPSA) is 41.6 Å². The van der Waals surface area contributed by atoms with E-state index in [2.05, 4.69) is 15.0 Å². The van der Waals surface area contributed by atoms with Crippen LogP contribution in [0.4, 0.5) is 13.2 Å². The molecule has 2 aromatic heterocycles. The van der Waals surface area contributed by atoms with Crippen LogP contribution in [-0.4, -0.2) is 15.0 Å². The summed E-state index contributed by atoms with van der Waals surface area (Å²) in [4.78, 5) is 11.6. The van der Waals surface area contributed by atoms with Gasteiger partial charge in [0.2, 0.25) is 0 Å². The minimum atomic E-state index is -4.37. The van der Waals surface area contributed by atoms with Crippen LogP contribution in [0.3, 0.4) is 0 Å². The van der Waals surface area contributed by atoms with Crippen LogP contribution in [0.1, 0.15) is 5.56 Å². The predicted octanol–water partition coefficient (Wildman–Crippen LogP) is 5.31. The first-order chi connectivity index (χ1) is 12.0. The number of fused-ring (bicyclic) bond motifs is 1. The first kappa shape index (κ1) is 15.4. The fourth-order valence-electron chi connectivity index (χ4n) is 2.66. The summed E-state index contributed by atoms with van der Waals surface area (Å²) in [5.74, 6) is 0.530. The van der Waals surface area contributed by atoms with Crippen molar-refractivity contribution in [2.24, 2.45) is 0 Å². The molecule has 124 valence electrons. The van der Waals surface area contributed by atoms with E-state index < -0.39 is 11.7 Å². The number of pyridine rings is 1. The highest BCUT2D eigenvalue weighted by atomic mass is 19.4. The van der Waals surface area contributed by atoms with Crippen LogP contribution >= 0.6 is 0 Å². The molecule has 25 heavy (non-hydrogen) atoms. The maximum absolute atomic E-state index is 12.8. The highest BCUT2D eigenvalue weighted by Gasteiger charge is 2.30. The highest BCUT2D eigenvalue weighted by Crippen LogP contribution is 2.32. The molecule has 0 atom stereocenters. The fraction of sp³-hybridized carbons (Fsp3) is 0.0526. The van der Waals surface area contributed by atoms with E-state index in [1.807, 2.05) is 42.5 Å². The van der Waals surface area contributed by atoms with Gasteiger partial charge in [-0.3, -0.25) is 4.98 Å². The molecule has 0 aliphatic carbocycles. The van der Waals surface area contributed by atoms with Gasteiger partial charge in [-0.1, -0.05) is 30.3 Å². The number of benzene rings is 2. The predicted molar refractivity (Wildman–Crippen MR) is 89.8 cm³/mol. The summed E-state index contributed by atoms with van der Waals surface area (Å²) >= 11 is 0. The van der Waals surface area contributed by atoms with Crippen LogP contribution in [0.15, 0.2) is 66.9 Å². The van der Waals surface area contributed by atoms with Crippen molar-refractivity contribution in [1.82, 2.24) is 15.0 Å². The van der Waals surface area contributed by atoms with Crippen molar-refractivity contribution < 1.29 is 13.2 Å². The number of H-pyrrole nitrogens is 1. The molecule has 2 heterocycles. The van der Waals surface area contributed by atoms with Gasteiger partial charge < -0.3 is 4.98 Å². The Labute approximate surface area is 141 Å². The monoisotopic (exact) mass is 339 g/mol. The molecule has 0 aliphatic heterocycles. The number of rotatable bonds is 2. The number of imidazole rings is 1. The molecule has 0 saturated carbocycles. The largest absolute Gasteiger partial charge is 0.416 e. The van der Waals surface area contributed by atoms with Gasteiger partial charge in [0.1, 0.15) is 5.82 Å². The zero-order valence-electron chi connectivity index (χ0n) is 12.9. The molecule has 4 aromatic rings. The summed E-state index contributed by atoms with van der Waals surface area (Å²) in [6.45, 7) is 0. The number of aromatic nitrogens is 3. The number of hydrogen-bond acceptors (Lipinski definition) is 2. The van der Waals surface area contributed by atoms with Crippen LogP contribution in [0, 0.1) is 0 Å². The van der Waals surface area contributed by atoms with E-state index in [0.29, 0.717) is 16.9 Å². The Hall–Kier alpha value is -3.15. The van der Waals surface area contributed by atoms with Crippen molar-refractivity contribution in [3.63, 3.8) is 0 Å². The molecule has 0 saturated heterocycles. The van der Waals surface area contributed by atoms with Crippen LogP contribution in [0.25, 0.3) is 33.7 Å². The van der Waals surface area contributed by atoms with Gasteiger partial charge >= 0.3 is 6.18 Å². The van der Waals surface area contributed by atoms with Gasteiger partial charge in [-0.05, 0) is 30.3 Å². The van der Waals surface area contributed by atoms with Crippen LogP contribution in [-0.2, 0) is 6.18 Å². The maximum Gasteiger partial charge on any atom is 0.416 e. The second kappa shape index (κ2) is 5.73. The molecule has 0 radical (unpaired) electrons. The summed E-state index contributed by atoms with van der Waals surface area (Å²) in [5.41, 5.74) is 2.77. The average Bonchev–Trinajstić information content (AvgIpc) is 3.05. The van der Waals surface area contributed by atoms with E-state index in [4.69, 9.17) is 0 Å². The zero-order valence-corrected chi connectivity index (χ0v) is 12.9. The lowest BCUT2D eigenvalue weighted by atomic mass is 10.1. The molecule has 2 aromatic carbocycles. The third-order valence-corrected chi connectivity index (χ3v) is 3.93. The molecule has 0 unspecified atom stereocenters. The van der Waals surface area contributed by atoms with Crippen LogP contribution in [0.2, 0.25) is 0 Å². The lowest BCUT2D eigenvalue weighted by Crippen LogP contribution is -2.04. The van der Waals surface area contributed by atoms with Crippen molar-refractivity contribution in [2.45, 2.75) is 6.18 Å². The van der Waals surface area contributed by atoms with Gasteiger partial charge in [-0.2, -0.15) is 13.2 Å². The number of hydrogen-bond donors (Lipinski definition) is 1. The SMILES string of the molecule is FC(F)(F)c1ccc2nc(-c3ccc(-c4ccccn4)cc3)[nH]c2c1. The fourth-order valence-corrected chi connectivity index (χ4v) is 2.66. The summed E-state index contributed by atoms with van der Waals surface area (Å²) in [6, 6.07) is 16.7. The molecule has 0 fully saturated rings. The summed E-state index contributed by atoms with van der Waals surface area (Å²) < 4.78 is 38.4. The molecule has 0 aliphatic rings. The van der Waals surface area contributed by atoms with E-state index in [0.717, 1.165) is 29.0 Å². The van der Waals surface area contributed by atoms with Gasteiger partial charge in [-0.25, -0.2) is 4.98 Å². The zero-order chi connectivity index (χ0) is 17.4. The Balaban J connectivity index is 1.70. The smallest absolute Gasteiger partial charge is 0.338 e. The minimum Gasteiger partial charge on any atom is -0.338 e. The molecular weight excluding hydrogens is 327 g/mol.